The van der Waals surface area contributed by atoms with Gasteiger partial charge in [0.05, 0.1) is 18.4 Å². The van der Waals surface area contributed by atoms with Gasteiger partial charge in [-0.05, 0) is 59.3 Å². The normalized spacial score (nSPS) is 17.1. The van der Waals surface area contributed by atoms with E-state index in [9.17, 15) is 18.0 Å². The topological polar surface area (TPSA) is 71.2 Å². The van der Waals surface area contributed by atoms with Crippen LogP contribution in [0.4, 0.5) is 18.9 Å². The molecule has 2 N–H and O–H groups in total. The molecular weight excluding hydrogens is 519 g/mol. The van der Waals surface area contributed by atoms with Crippen LogP contribution in [0.3, 0.4) is 0 Å². The molecule has 1 amide bonds. The Bertz CT molecular complexity index is 1500. The van der Waals surface area contributed by atoms with Gasteiger partial charge in [-0.1, -0.05) is 18.1 Å². The number of benzene rings is 2. The number of anilines is 1. The number of amides is 1. The minimum atomic E-state index is -4.57. The highest BCUT2D eigenvalue weighted by molar-refractivity contribution is 6.37. The second kappa shape index (κ2) is 11.6. The number of alkyl halides is 3. The molecule has 2 aromatic rings. The molecule has 0 aliphatic carbocycles. The molecule has 0 bridgehead atoms. The number of hydrogen-bond acceptors (Lipinski definition) is 5. The van der Waals surface area contributed by atoms with Crippen molar-refractivity contribution >= 4 is 23.5 Å². The van der Waals surface area contributed by atoms with Gasteiger partial charge in [-0.2, -0.15) is 17.7 Å². The van der Waals surface area contributed by atoms with Gasteiger partial charge in [0, 0.05) is 62.2 Å². The van der Waals surface area contributed by atoms with E-state index in [0.717, 1.165) is 17.5 Å². The van der Waals surface area contributed by atoms with Crippen molar-refractivity contribution in [3.8, 4) is 11.8 Å². The first-order chi connectivity index (χ1) is 19.2. The number of aliphatic imine (C=N–C) groups is 1. The number of rotatable bonds is 6. The molecule has 0 spiro atoms. The van der Waals surface area contributed by atoms with Crippen molar-refractivity contribution in [1.29, 1.82) is 0 Å². The maximum absolute atomic E-state index is 14.0. The van der Waals surface area contributed by atoms with E-state index in [1.54, 1.807) is 24.4 Å². The van der Waals surface area contributed by atoms with Gasteiger partial charge in [0.15, 0.2) is 6.21 Å². The molecule has 7 nitrogen and oxygen atoms in total. The number of carbonyl (C=O) groups excluding carboxylic acids is 1. The Morgan fingerprint density at radius 1 is 1.10 bits per heavy atom. The highest BCUT2D eigenvalue weighted by atomic mass is 19.4. The molecule has 5 rings (SSSR count). The summed E-state index contributed by atoms with van der Waals surface area (Å²) < 4.78 is 43.8. The first-order valence-corrected chi connectivity index (χ1v) is 13.0. The predicted octanol–water partition coefficient (Wildman–Crippen LogP) is 3.63. The molecule has 2 aromatic carbocycles. The third kappa shape index (κ3) is 6.23. The summed E-state index contributed by atoms with van der Waals surface area (Å²) in [4.78, 5) is 21.3. The summed E-state index contributed by atoms with van der Waals surface area (Å²) in [7, 11) is 0. The monoisotopic (exact) mass is 548 g/mol. The molecule has 1 fully saturated rings. The van der Waals surface area contributed by atoms with Gasteiger partial charge < -0.3 is 10.4 Å². The van der Waals surface area contributed by atoms with Crippen molar-refractivity contribution in [2.75, 3.05) is 44.6 Å². The number of fused-ring (bicyclic) bond motifs is 1. The lowest BCUT2D eigenvalue weighted by molar-refractivity contribution is -0.390. The predicted molar refractivity (Wildman–Crippen MR) is 147 cm³/mol. The molecule has 0 saturated carbocycles. The lowest BCUT2D eigenvalue weighted by Gasteiger charge is -2.34. The highest BCUT2D eigenvalue weighted by Gasteiger charge is 2.34. The molecule has 10 heteroatoms. The maximum Gasteiger partial charge on any atom is 0.416 e. The first-order valence-electron chi connectivity index (χ1n) is 13.0. The van der Waals surface area contributed by atoms with Crippen molar-refractivity contribution in [2.24, 2.45) is 4.99 Å². The van der Waals surface area contributed by atoms with E-state index in [0.29, 0.717) is 49.6 Å². The van der Waals surface area contributed by atoms with E-state index in [2.05, 4.69) is 27.0 Å². The van der Waals surface area contributed by atoms with Crippen LogP contribution in [0, 0.1) is 18.8 Å². The van der Waals surface area contributed by atoms with E-state index >= 15 is 0 Å². The van der Waals surface area contributed by atoms with Crippen LogP contribution < -0.4 is 5.32 Å². The molecule has 0 radical (unpaired) electrons. The number of aliphatic hydroxyl groups excluding tert-OH is 1. The van der Waals surface area contributed by atoms with Crippen LogP contribution in [0.25, 0.3) is 0 Å². The Balaban J connectivity index is 1.31. The van der Waals surface area contributed by atoms with Crippen LogP contribution in [0.15, 0.2) is 65.6 Å². The fraction of sp³-hybridized carbons (Fsp3) is 0.300. The second-order valence-corrected chi connectivity index (χ2v) is 9.82. The number of carbonyl (C=O) groups is 1. The summed E-state index contributed by atoms with van der Waals surface area (Å²) in [5, 5.41) is 11.7. The van der Waals surface area contributed by atoms with Crippen molar-refractivity contribution in [3.05, 3.63) is 88.4 Å². The number of allylic oxidation sites excluding steroid dienone is 2. The molecule has 0 unspecified atom stereocenters. The van der Waals surface area contributed by atoms with E-state index < -0.39 is 17.6 Å². The van der Waals surface area contributed by atoms with Crippen LogP contribution in [0.2, 0.25) is 0 Å². The zero-order valence-electron chi connectivity index (χ0n) is 22.0. The number of aryl methyl sites for hydroxylation is 1. The fourth-order valence-corrected chi connectivity index (χ4v) is 4.80. The molecule has 3 aliphatic heterocycles. The molecule has 0 aromatic heterocycles. The van der Waals surface area contributed by atoms with E-state index in [1.807, 2.05) is 34.8 Å². The average molecular weight is 549 g/mol. The SMILES string of the molecule is Cc1ccc(C(=O)Nc2ccc(CN3CCN(CCO)CC3)c(C(F)(F)F)c2)cc1C#CC1=[N+]2C=CC=C2N=C1. The molecule has 40 heavy (non-hydrogen) atoms. The lowest BCUT2D eigenvalue weighted by Crippen LogP contribution is -2.46. The van der Waals surface area contributed by atoms with Crippen LogP contribution >= 0.6 is 0 Å². The van der Waals surface area contributed by atoms with Crippen LogP contribution in [-0.2, 0) is 12.7 Å². The Morgan fingerprint density at radius 2 is 1.88 bits per heavy atom. The number of β-amino-alcohol motifs (C(OH)–C–C–N with tert-alkyl or cyclic N) is 1. The van der Waals surface area contributed by atoms with Crippen LogP contribution in [0.1, 0.15) is 32.6 Å². The quantitative estimate of drug-likeness (QED) is 0.427. The summed E-state index contributed by atoms with van der Waals surface area (Å²) in [6, 6.07) is 8.95. The summed E-state index contributed by atoms with van der Waals surface area (Å²) in [6.45, 7) is 5.28. The molecule has 3 heterocycles. The minimum absolute atomic E-state index is 0.0622. The van der Waals surface area contributed by atoms with Crippen molar-refractivity contribution in [3.63, 3.8) is 0 Å². The minimum Gasteiger partial charge on any atom is -0.395 e. The number of nitrogens with zero attached hydrogens (tertiary/aromatic N) is 4. The molecule has 1 saturated heterocycles. The number of piperazine rings is 1. The van der Waals surface area contributed by atoms with Gasteiger partial charge in [-0.25, -0.2) is 0 Å². The first kappa shape index (κ1) is 27.5. The van der Waals surface area contributed by atoms with Gasteiger partial charge >= 0.3 is 12.0 Å². The van der Waals surface area contributed by atoms with Gasteiger partial charge in [0.25, 0.3) is 5.91 Å². The standard InChI is InChI=1S/C30H28F3N5O2/c1-21-4-5-23(17-22(21)7-9-26-19-34-28-3-2-10-38(26)28)29(40)35-25-8-6-24(27(18-25)30(31,32)33)20-37-13-11-36(12-14-37)15-16-39/h2-6,8,10,17-19,39H,11-16,20H2,1H3/p+1. The molecule has 206 valence electrons. The number of aliphatic hydroxyl groups is 1. The van der Waals surface area contributed by atoms with Gasteiger partial charge in [0.1, 0.15) is 0 Å². The summed E-state index contributed by atoms with van der Waals surface area (Å²) in [5.41, 5.74) is 1.97. The van der Waals surface area contributed by atoms with Crippen molar-refractivity contribution < 1.29 is 27.6 Å². The Labute approximate surface area is 230 Å². The summed E-state index contributed by atoms with van der Waals surface area (Å²) in [5.74, 6) is 6.43. The fourth-order valence-electron chi connectivity index (χ4n) is 4.80. The molecular formula is C30H29F3N5O2+. The Hall–Kier alpha value is -4.04. The van der Waals surface area contributed by atoms with Gasteiger partial charge in [0.2, 0.25) is 5.71 Å². The number of hydrogen-bond donors (Lipinski definition) is 2. The lowest BCUT2D eigenvalue weighted by atomic mass is 10.0. The zero-order valence-corrected chi connectivity index (χ0v) is 22.0. The van der Waals surface area contributed by atoms with E-state index in [4.69, 9.17) is 5.11 Å². The second-order valence-electron chi connectivity index (χ2n) is 9.82. The smallest absolute Gasteiger partial charge is 0.395 e. The molecule has 3 aliphatic rings. The Kier molecular flexibility index (Phi) is 7.98. The van der Waals surface area contributed by atoms with Crippen molar-refractivity contribution in [2.45, 2.75) is 19.6 Å². The number of halogens is 3. The zero-order chi connectivity index (χ0) is 28.3. The number of nitrogens with one attached hydrogen (secondary N) is 1. The van der Waals surface area contributed by atoms with Crippen LogP contribution in [0.5, 0.6) is 0 Å². The summed E-state index contributed by atoms with van der Waals surface area (Å²) in [6.07, 6.45) is 2.72. The van der Waals surface area contributed by atoms with Crippen molar-refractivity contribution in [1.82, 2.24) is 9.80 Å². The molecule has 0 atom stereocenters. The van der Waals surface area contributed by atoms with E-state index in [1.165, 1.54) is 12.1 Å². The largest absolute Gasteiger partial charge is 0.416 e. The summed E-state index contributed by atoms with van der Waals surface area (Å²) >= 11 is 0. The third-order valence-corrected chi connectivity index (χ3v) is 7.08. The van der Waals surface area contributed by atoms with Gasteiger partial charge in [-0.15, -0.1) is 0 Å². The van der Waals surface area contributed by atoms with Crippen LogP contribution in [-0.4, -0.2) is 76.6 Å². The average Bonchev–Trinajstić information content (AvgIpc) is 3.54. The van der Waals surface area contributed by atoms with E-state index in [-0.39, 0.29) is 24.4 Å². The highest BCUT2D eigenvalue weighted by Crippen LogP contribution is 2.34. The van der Waals surface area contributed by atoms with Gasteiger partial charge in [-0.3, -0.25) is 14.6 Å². The Morgan fingerprint density at radius 3 is 2.62 bits per heavy atom. The maximum atomic E-state index is 14.0. The third-order valence-electron chi connectivity index (χ3n) is 7.08.